The van der Waals surface area contributed by atoms with Crippen LogP contribution in [0.25, 0.3) is 11.0 Å². The predicted molar refractivity (Wildman–Crippen MR) is 55.7 cm³/mol. The SMILES string of the molecule is O=c1ncc2cc(Br)cc(Br)c2o1. The van der Waals surface area contributed by atoms with Crippen LogP contribution in [-0.2, 0) is 0 Å². The summed E-state index contributed by atoms with van der Waals surface area (Å²) in [4.78, 5) is 14.3. The highest BCUT2D eigenvalue weighted by Gasteiger charge is 2.03. The quantitative estimate of drug-likeness (QED) is 0.751. The number of hydrogen-bond donors (Lipinski definition) is 0. The smallest absolute Gasteiger partial charge is 0.407 e. The molecule has 0 unspecified atom stereocenters. The Hall–Kier alpha value is -0.680. The van der Waals surface area contributed by atoms with E-state index in [1.165, 1.54) is 6.20 Å². The molecule has 0 atom stereocenters. The van der Waals surface area contributed by atoms with Crippen LogP contribution in [-0.4, -0.2) is 4.98 Å². The third-order valence-corrected chi connectivity index (χ3v) is 2.58. The maximum absolute atomic E-state index is 10.8. The first-order chi connectivity index (χ1) is 6.16. The molecular formula is C8H3Br2NO2. The fourth-order valence-electron chi connectivity index (χ4n) is 1.02. The van der Waals surface area contributed by atoms with Crippen LogP contribution in [0.2, 0.25) is 0 Å². The summed E-state index contributed by atoms with van der Waals surface area (Å²) >= 11 is 6.62. The topological polar surface area (TPSA) is 43.1 Å². The molecule has 5 heteroatoms. The van der Waals surface area contributed by atoms with E-state index < -0.39 is 5.76 Å². The Balaban J connectivity index is 2.95. The molecule has 0 saturated heterocycles. The van der Waals surface area contributed by atoms with Crippen LogP contribution in [0.4, 0.5) is 0 Å². The summed E-state index contributed by atoms with van der Waals surface area (Å²) in [5.41, 5.74) is 0.517. The van der Waals surface area contributed by atoms with Gasteiger partial charge in [0.25, 0.3) is 0 Å². The molecular weight excluding hydrogens is 302 g/mol. The van der Waals surface area contributed by atoms with Gasteiger partial charge in [0.2, 0.25) is 0 Å². The fourth-order valence-corrected chi connectivity index (χ4v) is 2.36. The Kier molecular flexibility index (Phi) is 2.21. The number of hydrogen-bond acceptors (Lipinski definition) is 3. The minimum atomic E-state index is -0.587. The van der Waals surface area contributed by atoms with E-state index in [-0.39, 0.29) is 0 Å². The van der Waals surface area contributed by atoms with Gasteiger partial charge in [-0.15, -0.1) is 0 Å². The largest absolute Gasteiger partial charge is 0.439 e. The zero-order valence-corrected chi connectivity index (χ0v) is 9.42. The van der Waals surface area contributed by atoms with E-state index in [1.807, 2.05) is 12.1 Å². The molecule has 0 radical (unpaired) electrons. The van der Waals surface area contributed by atoms with Gasteiger partial charge in [-0.25, -0.2) is 4.79 Å². The monoisotopic (exact) mass is 303 g/mol. The average Bonchev–Trinajstić information content (AvgIpc) is 2.06. The molecule has 0 fully saturated rings. The van der Waals surface area contributed by atoms with Gasteiger partial charge in [0.05, 0.1) is 4.47 Å². The molecule has 2 aromatic rings. The Morgan fingerprint density at radius 2 is 2.08 bits per heavy atom. The van der Waals surface area contributed by atoms with Crippen LogP contribution < -0.4 is 5.76 Å². The van der Waals surface area contributed by atoms with Crippen molar-refractivity contribution >= 4 is 42.8 Å². The standard InChI is InChI=1S/C8H3Br2NO2/c9-5-1-4-3-11-8(12)13-7(4)6(10)2-5/h1-3H. The normalized spacial score (nSPS) is 10.6. The fraction of sp³-hybridized carbons (Fsp3) is 0. The number of benzene rings is 1. The minimum absolute atomic E-state index is 0.517. The molecule has 66 valence electrons. The van der Waals surface area contributed by atoms with Crippen molar-refractivity contribution in [3.63, 3.8) is 0 Å². The predicted octanol–water partition coefficient (Wildman–Crippen LogP) is 2.71. The second kappa shape index (κ2) is 3.23. The van der Waals surface area contributed by atoms with E-state index in [2.05, 4.69) is 36.8 Å². The van der Waals surface area contributed by atoms with E-state index in [4.69, 9.17) is 4.42 Å². The Morgan fingerprint density at radius 1 is 1.31 bits per heavy atom. The molecule has 2 rings (SSSR count). The van der Waals surface area contributed by atoms with Gasteiger partial charge in [0, 0.05) is 16.1 Å². The van der Waals surface area contributed by atoms with Crippen LogP contribution in [0.3, 0.4) is 0 Å². The molecule has 1 aromatic carbocycles. The zero-order chi connectivity index (χ0) is 9.42. The molecule has 13 heavy (non-hydrogen) atoms. The van der Waals surface area contributed by atoms with Crippen molar-refractivity contribution in [1.29, 1.82) is 0 Å². The number of nitrogens with zero attached hydrogens (tertiary/aromatic N) is 1. The maximum Gasteiger partial charge on any atom is 0.439 e. The average molecular weight is 305 g/mol. The van der Waals surface area contributed by atoms with Crippen molar-refractivity contribution in [1.82, 2.24) is 4.98 Å². The lowest BCUT2D eigenvalue weighted by molar-refractivity contribution is 0.530. The van der Waals surface area contributed by atoms with Crippen LogP contribution >= 0.6 is 31.9 Å². The highest BCUT2D eigenvalue weighted by molar-refractivity contribution is 9.11. The van der Waals surface area contributed by atoms with Gasteiger partial charge in [-0.05, 0) is 28.1 Å². The molecule has 1 heterocycles. The van der Waals surface area contributed by atoms with Crippen molar-refractivity contribution in [2.24, 2.45) is 0 Å². The molecule has 1 aromatic heterocycles. The minimum Gasteiger partial charge on any atom is -0.407 e. The van der Waals surface area contributed by atoms with Gasteiger partial charge < -0.3 is 4.42 Å². The highest BCUT2D eigenvalue weighted by atomic mass is 79.9. The Bertz CT molecular complexity index is 521. The van der Waals surface area contributed by atoms with Crippen molar-refractivity contribution in [3.05, 3.63) is 37.8 Å². The second-order valence-corrected chi connectivity index (χ2v) is 4.20. The van der Waals surface area contributed by atoms with Crippen molar-refractivity contribution in [2.45, 2.75) is 0 Å². The number of rotatable bonds is 0. The van der Waals surface area contributed by atoms with E-state index in [9.17, 15) is 4.79 Å². The van der Waals surface area contributed by atoms with E-state index in [1.54, 1.807) is 0 Å². The Morgan fingerprint density at radius 3 is 2.85 bits per heavy atom. The Labute approximate surface area is 90.0 Å². The van der Waals surface area contributed by atoms with Gasteiger partial charge in [-0.2, -0.15) is 4.98 Å². The first-order valence-electron chi connectivity index (χ1n) is 3.42. The molecule has 0 bridgehead atoms. The molecule has 0 saturated carbocycles. The van der Waals surface area contributed by atoms with E-state index in [0.29, 0.717) is 5.58 Å². The van der Waals surface area contributed by atoms with Crippen LogP contribution in [0, 0.1) is 0 Å². The summed E-state index contributed by atoms with van der Waals surface area (Å²) in [6, 6.07) is 3.64. The second-order valence-electron chi connectivity index (χ2n) is 2.43. The third-order valence-electron chi connectivity index (χ3n) is 1.54. The van der Waals surface area contributed by atoms with Gasteiger partial charge in [-0.3, -0.25) is 0 Å². The summed E-state index contributed by atoms with van der Waals surface area (Å²) in [6.45, 7) is 0. The molecule has 0 aliphatic rings. The molecule has 0 aliphatic carbocycles. The number of aromatic nitrogens is 1. The van der Waals surface area contributed by atoms with Crippen molar-refractivity contribution < 1.29 is 4.42 Å². The summed E-state index contributed by atoms with van der Waals surface area (Å²) in [7, 11) is 0. The summed E-state index contributed by atoms with van der Waals surface area (Å²) in [6.07, 6.45) is 1.48. The van der Waals surface area contributed by atoms with Crippen molar-refractivity contribution in [2.75, 3.05) is 0 Å². The van der Waals surface area contributed by atoms with E-state index in [0.717, 1.165) is 14.3 Å². The summed E-state index contributed by atoms with van der Waals surface area (Å²) in [5.74, 6) is -0.587. The molecule has 3 nitrogen and oxygen atoms in total. The van der Waals surface area contributed by atoms with Crippen LogP contribution in [0.15, 0.2) is 36.5 Å². The van der Waals surface area contributed by atoms with Gasteiger partial charge in [0.15, 0.2) is 5.58 Å². The molecule has 0 aliphatic heterocycles. The van der Waals surface area contributed by atoms with E-state index >= 15 is 0 Å². The molecule has 0 N–H and O–H groups in total. The van der Waals surface area contributed by atoms with Gasteiger partial charge in [0.1, 0.15) is 0 Å². The summed E-state index contributed by atoms with van der Waals surface area (Å²) in [5, 5.41) is 0.779. The zero-order valence-electron chi connectivity index (χ0n) is 6.25. The first kappa shape index (κ1) is 8.90. The highest BCUT2D eigenvalue weighted by Crippen LogP contribution is 2.26. The lowest BCUT2D eigenvalue weighted by atomic mass is 10.3. The number of halogens is 2. The molecule has 0 spiro atoms. The lowest BCUT2D eigenvalue weighted by Crippen LogP contribution is -2.01. The van der Waals surface area contributed by atoms with Gasteiger partial charge >= 0.3 is 5.76 Å². The third kappa shape index (κ3) is 1.66. The number of fused-ring (bicyclic) bond motifs is 1. The molecule has 0 amide bonds. The lowest BCUT2D eigenvalue weighted by Gasteiger charge is -1.98. The maximum atomic E-state index is 10.8. The van der Waals surface area contributed by atoms with Gasteiger partial charge in [-0.1, -0.05) is 15.9 Å². The van der Waals surface area contributed by atoms with Crippen molar-refractivity contribution in [3.8, 4) is 0 Å². The first-order valence-corrected chi connectivity index (χ1v) is 5.00. The van der Waals surface area contributed by atoms with Crippen LogP contribution in [0.5, 0.6) is 0 Å². The van der Waals surface area contributed by atoms with Crippen LogP contribution in [0.1, 0.15) is 0 Å². The summed E-state index contributed by atoms with van der Waals surface area (Å²) < 4.78 is 6.55.